The molecule has 1 amide bonds. The highest BCUT2D eigenvalue weighted by molar-refractivity contribution is 7.89. The van der Waals surface area contributed by atoms with Gasteiger partial charge in [0.15, 0.2) is 6.61 Å². The van der Waals surface area contributed by atoms with Crippen LogP contribution in [0.5, 0.6) is 5.75 Å². The van der Waals surface area contributed by atoms with Crippen LogP contribution < -0.4 is 10.1 Å². The van der Waals surface area contributed by atoms with Crippen molar-refractivity contribution in [2.45, 2.75) is 24.7 Å². The van der Waals surface area contributed by atoms with Crippen LogP contribution in [-0.2, 0) is 27.7 Å². The summed E-state index contributed by atoms with van der Waals surface area (Å²) in [5.41, 5.74) is 3.82. The fraction of sp³-hybridized carbons (Fsp3) is 0.316. The normalized spacial score (nSPS) is 13.9. The van der Waals surface area contributed by atoms with Crippen LogP contribution in [0.25, 0.3) is 0 Å². The van der Waals surface area contributed by atoms with Crippen LogP contribution in [0.3, 0.4) is 0 Å². The lowest BCUT2D eigenvalue weighted by atomic mass is 10.00. The lowest BCUT2D eigenvalue weighted by molar-refractivity contribution is -0.118. The first-order chi connectivity index (χ1) is 12.3. The molecule has 6 nitrogen and oxygen atoms in total. The van der Waals surface area contributed by atoms with E-state index in [-0.39, 0.29) is 12.5 Å². The van der Waals surface area contributed by atoms with Crippen molar-refractivity contribution in [2.75, 3.05) is 26.0 Å². The van der Waals surface area contributed by atoms with Crippen LogP contribution in [0.15, 0.2) is 41.3 Å². The first-order valence-corrected chi connectivity index (χ1v) is 9.79. The third kappa shape index (κ3) is 3.73. The Morgan fingerprint density at radius 3 is 2.58 bits per heavy atom. The first kappa shape index (κ1) is 18.4. The SMILES string of the molecule is Cc1cc(S(=O)(=O)N(C)C)ccc1CCc1ccc2c(c1)NC(=O)CO2. The molecule has 0 fully saturated rings. The molecule has 1 aliphatic rings. The molecule has 1 heterocycles. The van der Waals surface area contributed by atoms with E-state index in [0.29, 0.717) is 16.3 Å². The zero-order valence-electron chi connectivity index (χ0n) is 15.1. The third-order valence-corrected chi connectivity index (χ3v) is 6.26. The Hall–Kier alpha value is -2.38. The quantitative estimate of drug-likeness (QED) is 0.872. The summed E-state index contributed by atoms with van der Waals surface area (Å²) >= 11 is 0. The average Bonchev–Trinajstić information content (AvgIpc) is 2.60. The summed E-state index contributed by atoms with van der Waals surface area (Å²) in [4.78, 5) is 11.7. The topological polar surface area (TPSA) is 75.7 Å². The maximum atomic E-state index is 12.2. The number of sulfonamides is 1. The number of nitrogens with zero attached hydrogens (tertiary/aromatic N) is 1. The number of nitrogens with one attached hydrogen (secondary N) is 1. The second kappa shape index (κ2) is 7.09. The van der Waals surface area contributed by atoms with E-state index in [2.05, 4.69) is 5.32 Å². The summed E-state index contributed by atoms with van der Waals surface area (Å²) in [5, 5.41) is 2.81. The van der Waals surface area contributed by atoms with Gasteiger partial charge in [-0.25, -0.2) is 12.7 Å². The summed E-state index contributed by atoms with van der Waals surface area (Å²) in [6.45, 7) is 1.97. The number of ether oxygens (including phenoxy) is 1. The van der Waals surface area contributed by atoms with Crippen LogP contribution >= 0.6 is 0 Å². The van der Waals surface area contributed by atoms with E-state index in [9.17, 15) is 13.2 Å². The zero-order chi connectivity index (χ0) is 18.9. The standard InChI is InChI=1S/C19H22N2O4S/c1-13-10-16(26(23,24)21(2)3)8-7-15(13)6-4-14-5-9-18-17(11-14)20-19(22)12-25-18/h5,7-11H,4,6,12H2,1-3H3,(H,20,22). The summed E-state index contributed by atoms with van der Waals surface area (Å²) in [7, 11) is -0.370. The molecule has 3 rings (SSSR count). The molecule has 0 aliphatic carbocycles. The molecule has 1 N–H and O–H groups in total. The van der Waals surface area contributed by atoms with Gasteiger partial charge in [-0.15, -0.1) is 0 Å². The average molecular weight is 374 g/mol. The highest BCUT2D eigenvalue weighted by atomic mass is 32.2. The fourth-order valence-electron chi connectivity index (χ4n) is 2.88. The van der Waals surface area contributed by atoms with Crippen molar-refractivity contribution in [3.8, 4) is 5.75 Å². The molecule has 138 valence electrons. The van der Waals surface area contributed by atoms with E-state index in [1.165, 1.54) is 18.4 Å². The minimum Gasteiger partial charge on any atom is -0.482 e. The summed E-state index contributed by atoms with van der Waals surface area (Å²) in [6, 6.07) is 11.0. The lowest BCUT2D eigenvalue weighted by Gasteiger charge is -2.18. The molecule has 26 heavy (non-hydrogen) atoms. The Balaban J connectivity index is 1.74. The molecule has 2 aromatic rings. The van der Waals surface area contributed by atoms with Crippen molar-refractivity contribution >= 4 is 21.6 Å². The van der Waals surface area contributed by atoms with Gasteiger partial charge in [-0.1, -0.05) is 12.1 Å². The van der Waals surface area contributed by atoms with Crippen molar-refractivity contribution in [3.63, 3.8) is 0 Å². The summed E-state index contributed by atoms with van der Waals surface area (Å²) in [6.07, 6.45) is 1.56. The molecule has 0 spiro atoms. The smallest absolute Gasteiger partial charge is 0.262 e. The van der Waals surface area contributed by atoms with E-state index < -0.39 is 10.0 Å². The van der Waals surface area contributed by atoms with Gasteiger partial charge in [-0.2, -0.15) is 0 Å². The van der Waals surface area contributed by atoms with Crippen LogP contribution in [-0.4, -0.2) is 39.3 Å². The highest BCUT2D eigenvalue weighted by Crippen LogP contribution is 2.29. The number of benzene rings is 2. The predicted molar refractivity (Wildman–Crippen MR) is 100 cm³/mol. The molecule has 2 aromatic carbocycles. The molecule has 7 heteroatoms. The van der Waals surface area contributed by atoms with Crippen LogP contribution in [0.1, 0.15) is 16.7 Å². The molecular formula is C19H22N2O4S. The van der Waals surface area contributed by atoms with Crippen molar-refractivity contribution < 1.29 is 17.9 Å². The molecule has 0 atom stereocenters. The molecule has 0 unspecified atom stereocenters. The Morgan fingerprint density at radius 1 is 1.12 bits per heavy atom. The van der Waals surface area contributed by atoms with Gasteiger partial charge in [-0.05, 0) is 60.7 Å². The maximum Gasteiger partial charge on any atom is 0.262 e. The number of anilines is 1. The number of fused-ring (bicyclic) bond motifs is 1. The number of carbonyl (C=O) groups is 1. The zero-order valence-corrected chi connectivity index (χ0v) is 15.9. The molecule has 0 saturated carbocycles. The largest absolute Gasteiger partial charge is 0.482 e. The Bertz CT molecular complexity index is 952. The van der Waals surface area contributed by atoms with Crippen LogP contribution in [0.4, 0.5) is 5.69 Å². The molecular weight excluding hydrogens is 352 g/mol. The maximum absolute atomic E-state index is 12.2. The van der Waals surface area contributed by atoms with Gasteiger partial charge < -0.3 is 10.1 Å². The van der Waals surface area contributed by atoms with Crippen molar-refractivity contribution in [1.29, 1.82) is 0 Å². The fourth-order valence-corrected chi connectivity index (χ4v) is 3.87. The van der Waals surface area contributed by atoms with E-state index in [1.54, 1.807) is 12.1 Å². The Kier molecular flexibility index (Phi) is 5.02. The van der Waals surface area contributed by atoms with E-state index in [1.807, 2.05) is 31.2 Å². The van der Waals surface area contributed by atoms with E-state index in [4.69, 9.17) is 4.74 Å². The van der Waals surface area contributed by atoms with Gasteiger partial charge in [0, 0.05) is 14.1 Å². The Labute approximate surface area is 153 Å². The Morgan fingerprint density at radius 2 is 1.88 bits per heavy atom. The predicted octanol–water partition coefficient (Wildman–Crippen LogP) is 2.36. The van der Waals surface area contributed by atoms with Crippen molar-refractivity contribution in [2.24, 2.45) is 0 Å². The number of aryl methyl sites for hydroxylation is 3. The second-order valence-corrected chi connectivity index (χ2v) is 8.69. The summed E-state index contributed by atoms with van der Waals surface area (Å²) < 4.78 is 31.0. The molecule has 0 aromatic heterocycles. The first-order valence-electron chi connectivity index (χ1n) is 8.35. The third-order valence-electron chi connectivity index (χ3n) is 4.45. The van der Waals surface area contributed by atoms with Gasteiger partial charge >= 0.3 is 0 Å². The monoisotopic (exact) mass is 374 g/mol. The number of carbonyl (C=O) groups excluding carboxylic acids is 1. The van der Waals surface area contributed by atoms with Gasteiger partial charge in [0.2, 0.25) is 10.0 Å². The number of amides is 1. The second-order valence-electron chi connectivity index (χ2n) is 6.54. The van der Waals surface area contributed by atoms with Crippen molar-refractivity contribution in [1.82, 2.24) is 4.31 Å². The van der Waals surface area contributed by atoms with Gasteiger partial charge in [0.1, 0.15) is 5.75 Å². The number of hydrogen-bond acceptors (Lipinski definition) is 4. The van der Waals surface area contributed by atoms with Crippen LogP contribution in [0.2, 0.25) is 0 Å². The number of rotatable bonds is 5. The molecule has 0 radical (unpaired) electrons. The van der Waals surface area contributed by atoms with Gasteiger partial charge in [0.05, 0.1) is 10.6 Å². The molecule has 0 saturated heterocycles. The van der Waals surface area contributed by atoms with Gasteiger partial charge in [-0.3, -0.25) is 4.79 Å². The minimum absolute atomic E-state index is 0.0494. The van der Waals surface area contributed by atoms with E-state index in [0.717, 1.165) is 29.5 Å². The van der Waals surface area contributed by atoms with E-state index >= 15 is 0 Å². The molecule has 0 bridgehead atoms. The van der Waals surface area contributed by atoms with Gasteiger partial charge in [0.25, 0.3) is 5.91 Å². The minimum atomic E-state index is -3.42. The van der Waals surface area contributed by atoms with Crippen molar-refractivity contribution in [3.05, 3.63) is 53.1 Å². The van der Waals surface area contributed by atoms with Crippen LogP contribution in [0, 0.1) is 6.92 Å². The highest BCUT2D eigenvalue weighted by Gasteiger charge is 2.18. The number of hydrogen-bond donors (Lipinski definition) is 1. The lowest BCUT2D eigenvalue weighted by Crippen LogP contribution is -2.25. The summed E-state index contributed by atoms with van der Waals surface area (Å²) in [5.74, 6) is 0.533. The molecule has 1 aliphatic heterocycles.